The van der Waals surface area contributed by atoms with E-state index in [1.807, 2.05) is 13.8 Å². The highest BCUT2D eigenvalue weighted by Gasteiger charge is 2.17. The highest BCUT2D eigenvalue weighted by Crippen LogP contribution is 2.13. The van der Waals surface area contributed by atoms with E-state index in [1.54, 1.807) is 4.90 Å². The Hall–Kier alpha value is -1.11. The van der Waals surface area contributed by atoms with E-state index in [0.717, 1.165) is 0 Å². The van der Waals surface area contributed by atoms with E-state index in [-0.39, 0.29) is 17.3 Å². The number of sulfonamides is 1. The lowest BCUT2D eigenvalue weighted by Gasteiger charge is -2.18. The van der Waals surface area contributed by atoms with Crippen LogP contribution in [0.15, 0.2) is 29.2 Å². The van der Waals surface area contributed by atoms with Crippen LogP contribution in [-0.2, 0) is 14.8 Å². The molecular formula is C12H17ClN2O3S. The quantitative estimate of drug-likeness (QED) is 0.866. The van der Waals surface area contributed by atoms with Crippen molar-refractivity contribution in [3.63, 3.8) is 0 Å². The van der Waals surface area contributed by atoms with Gasteiger partial charge >= 0.3 is 0 Å². The van der Waals surface area contributed by atoms with Crippen molar-refractivity contribution in [2.24, 2.45) is 0 Å². The Labute approximate surface area is 118 Å². The van der Waals surface area contributed by atoms with Crippen LogP contribution in [-0.4, -0.2) is 38.9 Å². The Morgan fingerprint density at radius 2 is 1.74 bits per heavy atom. The van der Waals surface area contributed by atoms with Gasteiger partial charge in [-0.15, -0.1) is 0 Å². The molecule has 106 valence electrons. The Balaban J connectivity index is 2.71. The van der Waals surface area contributed by atoms with Gasteiger partial charge in [0.2, 0.25) is 15.9 Å². The molecule has 1 rings (SSSR count). The second kappa shape index (κ2) is 6.88. The van der Waals surface area contributed by atoms with E-state index in [2.05, 4.69) is 4.72 Å². The van der Waals surface area contributed by atoms with Gasteiger partial charge < -0.3 is 4.90 Å². The monoisotopic (exact) mass is 304 g/mol. The number of carbonyl (C=O) groups is 1. The summed E-state index contributed by atoms with van der Waals surface area (Å²) < 4.78 is 26.1. The molecule has 0 atom stereocenters. The molecule has 0 aliphatic heterocycles. The average molecular weight is 305 g/mol. The van der Waals surface area contributed by atoms with Gasteiger partial charge in [0.05, 0.1) is 11.4 Å². The van der Waals surface area contributed by atoms with E-state index in [4.69, 9.17) is 11.6 Å². The molecule has 5 nitrogen and oxygen atoms in total. The zero-order chi connectivity index (χ0) is 14.5. The number of nitrogens with zero attached hydrogens (tertiary/aromatic N) is 1. The molecule has 0 aliphatic rings. The van der Waals surface area contributed by atoms with Crippen molar-refractivity contribution in [3.8, 4) is 0 Å². The fourth-order valence-corrected chi connectivity index (χ4v) is 2.64. The summed E-state index contributed by atoms with van der Waals surface area (Å²) in [7, 11) is -3.68. The number of rotatable bonds is 6. The molecule has 0 radical (unpaired) electrons. The number of carbonyl (C=O) groups excluding carboxylic acids is 1. The molecule has 0 saturated carbocycles. The lowest BCUT2D eigenvalue weighted by molar-refractivity contribution is -0.129. The smallest absolute Gasteiger partial charge is 0.241 e. The first kappa shape index (κ1) is 15.9. The van der Waals surface area contributed by atoms with Crippen LogP contribution in [0.1, 0.15) is 13.8 Å². The number of nitrogens with one attached hydrogen (secondary N) is 1. The van der Waals surface area contributed by atoms with Gasteiger partial charge in [-0.25, -0.2) is 13.1 Å². The van der Waals surface area contributed by atoms with Crippen LogP contribution >= 0.6 is 11.6 Å². The number of hydrogen-bond acceptors (Lipinski definition) is 3. The Morgan fingerprint density at radius 3 is 2.21 bits per heavy atom. The van der Waals surface area contributed by atoms with Crippen LogP contribution in [0.4, 0.5) is 0 Å². The van der Waals surface area contributed by atoms with Crippen molar-refractivity contribution in [1.29, 1.82) is 0 Å². The predicted octanol–water partition coefficient (Wildman–Crippen LogP) is 1.49. The highest BCUT2D eigenvalue weighted by atomic mass is 35.5. The number of hydrogen-bond donors (Lipinski definition) is 1. The summed E-state index contributed by atoms with van der Waals surface area (Å²) >= 11 is 5.69. The van der Waals surface area contributed by atoms with Gasteiger partial charge in [0.15, 0.2) is 0 Å². The first-order valence-electron chi connectivity index (χ1n) is 5.93. The van der Waals surface area contributed by atoms with Crippen molar-refractivity contribution in [2.45, 2.75) is 18.7 Å². The molecule has 0 saturated heterocycles. The zero-order valence-electron chi connectivity index (χ0n) is 10.9. The van der Waals surface area contributed by atoms with Crippen molar-refractivity contribution >= 4 is 27.5 Å². The minimum Gasteiger partial charge on any atom is -0.342 e. The number of halogens is 1. The van der Waals surface area contributed by atoms with Gasteiger partial charge in [0.25, 0.3) is 0 Å². The van der Waals surface area contributed by atoms with E-state index >= 15 is 0 Å². The molecule has 0 aromatic heterocycles. The van der Waals surface area contributed by atoms with E-state index in [9.17, 15) is 13.2 Å². The van der Waals surface area contributed by atoms with Gasteiger partial charge in [-0.3, -0.25) is 4.79 Å². The molecule has 0 aliphatic carbocycles. The summed E-state index contributed by atoms with van der Waals surface area (Å²) in [6, 6.07) is 5.77. The van der Waals surface area contributed by atoms with Crippen LogP contribution in [0.5, 0.6) is 0 Å². The fourth-order valence-electron chi connectivity index (χ4n) is 1.54. The minimum atomic E-state index is -3.68. The van der Waals surface area contributed by atoms with Gasteiger partial charge in [-0.1, -0.05) is 11.6 Å². The molecule has 0 spiro atoms. The Kier molecular flexibility index (Phi) is 5.78. The molecule has 0 unspecified atom stereocenters. The fraction of sp³-hybridized carbons (Fsp3) is 0.417. The minimum absolute atomic E-state index is 0.0873. The van der Waals surface area contributed by atoms with Crippen LogP contribution in [0, 0.1) is 0 Å². The van der Waals surface area contributed by atoms with Crippen molar-refractivity contribution in [2.75, 3.05) is 19.6 Å². The van der Waals surface area contributed by atoms with Crippen LogP contribution in [0.2, 0.25) is 5.02 Å². The highest BCUT2D eigenvalue weighted by molar-refractivity contribution is 7.89. The second-order valence-electron chi connectivity index (χ2n) is 3.84. The molecule has 7 heteroatoms. The van der Waals surface area contributed by atoms with E-state index in [0.29, 0.717) is 18.1 Å². The zero-order valence-corrected chi connectivity index (χ0v) is 12.5. The lowest BCUT2D eigenvalue weighted by atomic mass is 10.4. The predicted molar refractivity (Wildman–Crippen MR) is 74.6 cm³/mol. The molecular weight excluding hydrogens is 288 g/mol. The summed E-state index contributed by atoms with van der Waals surface area (Å²) in [5, 5.41) is 0.457. The molecule has 0 fully saturated rings. The maximum absolute atomic E-state index is 11.9. The third-order valence-electron chi connectivity index (χ3n) is 2.65. The SMILES string of the molecule is CCN(CC)C(=O)CNS(=O)(=O)c1ccc(Cl)cc1. The van der Waals surface area contributed by atoms with Crippen molar-refractivity contribution in [3.05, 3.63) is 29.3 Å². The molecule has 0 heterocycles. The van der Waals surface area contributed by atoms with Crippen LogP contribution < -0.4 is 4.72 Å². The first-order chi connectivity index (χ1) is 8.90. The van der Waals surface area contributed by atoms with Crippen LogP contribution in [0.25, 0.3) is 0 Å². The van der Waals surface area contributed by atoms with Gasteiger partial charge in [0, 0.05) is 18.1 Å². The number of amides is 1. The lowest BCUT2D eigenvalue weighted by Crippen LogP contribution is -2.39. The summed E-state index contributed by atoms with van der Waals surface area (Å²) in [5.74, 6) is -0.248. The third kappa shape index (κ3) is 4.49. The summed E-state index contributed by atoms with van der Waals surface area (Å²) in [5.41, 5.74) is 0. The summed E-state index contributed by atoms with van der Waals surface area (Å²) in [6.07, 6.45) is 0. The van der Waals surface area contributed by atoms with Crippen molar-refractivity contribution < 1.29 is 13.2 Å². The molecule has 19 heavy (non-hydrogen) atoms. The Bertz CT molecular complexity index is 524. The van der Waals surface area contributed by atoms with Crippen molar-refractivity contribution in [1.82, 2.24) is 9.62 Å². The normalized spacial score (nSPS) is 11.3. The number of benzene rings is 1. The third-order valence-corrected chi connectivity index (χ3v) is 4.32. The van der Waals surface area contributed by atoms with Gasteiger partial charge in [0.1, 0.15) is 0 Å². The van der Waals surface area contributed by atoms with E-state index < -0.39 is 10.0 Å². The molecule has 0 bridgehead atoms. The standard InChI is InChI=1S/C12H17ClN2O3S/c1-3-15(4-2)12(16)9-14-19(17,18)11-7-5-10(13)6-8-11/h5-8,14H,3-4,9H2,1-2H3. The molecule has 1 amide bonds. The Morgan fingerprint density at radius 1 is 1.21 bits per heavy atom. The first-order valence-corrected chi connectivity index (χ1v) is 7.79. The summed E-state index contributed by atoms with van der Waals surface area (Å²) in [6.45, 7) is 4.55. The maximum atomic E-state index is 11.9. The van der Waals surface area contributed by atoms with E-state index in [1.165, 1.54) is 24.3 Å². The van der Waals surface area contributed by atoms with Crippen LogP contribution in [0.3, 0.4) is 0 Å². The van der Waals surface area contributed by atoms with Gasteiger partial charge in [-0.2, -0.15) is 0 Å². The molecule has 1 aromatic rings. The van der Waals surface area contributed by atoms with Gasteiger partial charge in [-0.05, 0) is 38.1 Å². The topological polar surface area (TPSA) is 66.5 Å². The number of likely N-dealkylation sites (N-methyl/N-ethyl adjacent to an activating group) is 1. The maximum Gasteiger partial charge on any atom is 0.241 e. The average Bonchev–Trinajstić information content (AvgIpc) is 2.38. The molecule has 1 N–H and O–H groups in total. The molecule has 1 aromatic carbocycles. The largest absolute Gasteiger partial charge is 0.342 e. The summed E-state index contributed by atoms with van der Waals surface area (Å²) in [4.78, 5) is 13.4. The second-order valence-corrected chi connectivity index (χ2v) is 6.05.